The van der Waals surface area contributed by atoms with E-state index in [1.54, 1.807) is 12.1 Å². The smallest absolute Gasteiger partial charge is 0.123 e. The lowest BCUT2D eigenvalue weighted by atomic mass is 10.0. The minimum absolute atomic E-state index is 0.122. The zero-order valence-electron chi connectivity index (χ0n) is 7.46. The summed E-state index contributed by atoms with van der Waals surface area (Å²) in [6.45, 7) is 0. The van der Waals surface area contributed by atoms with Crippen LogP contribution in [0.1, 0.15) is 18.1 Å². The number of hydrogen-bond donors (Lipinski definition) is 3. The van der Waals surface area contributed by atoms with Crippen molar-refractivity contribution in [3.8, 4) is 6.07 Å². The maximum atomic E-state index is 9.56. The maximum Gasteiger partial charge on any atom is 0.123 e. The summed E-state index contributed by atoms with van der Waals surface area (Å²) >= 11 is 0. The van der Waals surface area contributed by atoms with Crippen molar-refractivity contribution in [3.63, 3.8) is 0 Å². The van der Waals surface area contributed by atoms with E-state index in [-0.39, 0.29) is 12.2 Å². The van der Waals surface area contributed by atoms with Crippen LogP contribution in [-0.2, 0) is 0 Å². The highest BCUT2D eigenvalue weighted by molar-refractivity contribution is 5.33. The topological polar surface area (TPSA) is 103 Å². The van der Waals surface area contributed by atoms with Crippen LogP contribution >= 0.6 is 0 Å². The summed E-state index contributed by atoms with van der Waals surface area (Å²) < 4.78 is 0. The Morgan fingerprint density at radius 2 is 2.29 bits per heavy atom. The van der Waals surface area contributed by atoms with Gasteiger partial charge in [0.2, 0.25) is 0 Å². The van der Waals surface area contributed by atoms with E-state index in [2.05, 4.69) is 4.98 Å². The van der Waals surface area contributed by atoms with E-state index >= 15 is 0 Å². The molecule has 1 aromatic heterocycles. The number of nitrogens with two attached hydrogens (primary N) is 1. The molecule has 0 fully saturated rings. The first-order valence-electron chi connectivity index (χ1n) is 4.09. The summed E-state index contributed by atoms with van der Waals surface area (Å²) in [5.74, 6) is 0.269. The highest BCUT2D eigenvalue weighted by Gasteiger charge is 2.17. The van der Waals surface area contributed by atoms with Gasteiger partial charge in [0.05, 0.1) is 18.6 Å². The van der Waals surface area contributed by atoms with Crippen molar-refractivity contribution in [1.82, 2.24) is 4.98 Å². The summed E-state index contributed by atoms with van der Waals surface area (Å²) in [6.07, 6.45) is -0.877. The Labute approximate surface area is 81.4 Å². The lowest BCUT2D eigenvalue weighted by molar-refractivity contribution is 0.0216. The molecule has 4 N–H and O–H groups in total. The van der Waals surface area contributed by atoms with E-state index in [1.165, 1.54) is 12.3 Å². The number of nitriles is 1. The lowest BCUT2D eigenvalue weighted by Gasteiger charge is -2.15. The third-order valence-corrected chi connectivity index (χ3v) is 1.81. The van der Waals surface area contributed by atoms with Gasteiger partial charge in [0.1, 0.15) is 11.9 Å². The van der Waals surface area contributed by atoms with Gasteiger partial charge in [0.25, 0.3) is 0 Å². The van der Waals surface area contributed by atoms with Crippen LogP contribution in [0, 0.1) is 11.3 Å². The van der Waals surface area contributed by atoms with Gasteiger partial charge in [-0.2, -0.15) is 5.26 Å². The number of anilines is 1. The van der Waals surface area contributed by atoms with Gasteiger partial charge >= 0.3 is 0 Å². The zero-order chi connectivity index (χ0) is 10.6. The molecule has 0 radical (unpaired) electrons. The molecule has 14 heavy (non-hydrogen) atoms. The summed E-state index contributed by atoms with van der Waals surface area (Å²) in [5.41, 5.74) is 5.86. The standard InChI is InChI=1S/C9H11N3O2/c10-3-1-7(13)9(14)6-2-4-12-8(11)5-6/h2,4-5,7,9,13-14H,1H2,(H2,11,12). The van der Waals surface area contributed by atoms with Crippen LogP contribution in [0.5, 0.6) is 0 Å². The van der Waals surface area contributed by atoms with Crippen molar-refractivity contribution in [1.29, 1.82) is 5.26 Å². The van der Waals surface area contributed by atoms with Crippen LogP contribution < -0.4 is 5.73 Å². The fraction of sp³-hybridized carbons (Fsp3) is 0.333. The quantitative estimate of drug-likeness (QED) is 0.625. The molecule has 0 amide bonds. The van der Waals surface area contributed by atoms with Gasteiger partial charge in [-0.1, -0.05) is 0 Å². The second-order valence-electron chi connectivity index (χ2n) is 2.89. The number of aromatic nitrogens is 1. The molecule has 0 spiro atoms. The molecular formula is C9H11N3O2. The van der Waals surface area contributed by atoms with E-state index in [0.29, 0.717) is 5.56 Å². The molecule has 0 aromatic carbocycles. The minimum Gasteiger partial charge on any atom is -0.389 e. The summed E-state index contributed by atoms with van der Waals surface area (Å²) in [5, 5.41) is 27.2. The number of rotatable bonds is 3. The average molecular weight is 193 g/mol. The van der Waals surface area contributed by atoms with Gasteiger partial charge in [0.15, 0.2) is 0 Å². The number of hydrogen-bond acceptors (Lipinski definition) is 5. The molecule has 0 saturated heterocycles. The molecule has 2 unspecified atom stereocenters. The summed E-state index contributed by atoms with van der Waals surface area (Å²) in [6, 6.07) is 4.78. The Kier molecular flexibility index (Phi) is 3.40. The Balaban J connectivity index is 2.79. The van der Waals surface area contributed by atoms with Gasteiger partial charge in [-0.05, 0) is 17.7 Å². The first kappa shape index (κ1) is 10.4. The van der Waals surface area contributed by atoms with Crippen LogP contribution in [0.3, 0.4) is 0 Å². The molecule has 1 heterocycles. The molecule has 0 aliphatic rings. The molecule has 0 saturated carbocycles. The number of aliphatic hydroxyl groups is 2. The molecular weight excluding hydrogens is 182 g/mol. The first-order valence-corrected chi connectivity index (χ1v) is 4.09. The van der Waals surface area contributed by atoms with Crippen LogP contribution in [0.15, 0.2) is 18.3 Å². The average Bonchev–Trinajstić information content (AvgIpc) is 2.17. The number of pyridine rings is 1. The molecule has 1 rings (SSSR count). The van der Waals surface area contributed by atoms with E-state index in [0.717, 1.165) is 0 Å². The summed E-state index contributed by atoms with van der Waals surface area (Å²) in [7, 11) is 0. The van der Waals surface area contributed by atoms with Crippen molar-refractivity contribution in [2.75, 3.05) is 5.73 Å². The molecule has 5 heteroatoms. The van der Waals surface area contributed by atoms with Crippen molar-refractivity contribution in [2.24, 2.45) is 0 Å². The second-order valence-corrected chi connectivity index (χ2v) is 2.89. The molecule has 74 valence electrons. The predicted octanol–water partition coefficient (Wildman–Crippen LogP) is -0.0282. The number of nitrogens with zero attached hydrogens (tertiary/aromatic N) is 2. The van der Waals surface area contributed by atoms with Gasteiger partial charge in [0, 0.05) is 6.20 Å². The zero-order valence-corrected chi connectivity index (χ0v) is 7.46. The van der Waals surface area contributed by atoms with E-state index < -0.39 is 12.2 Å². The van der Waals surface area contributed by atoms with Gasteiger partial charge in [-0.15, -0.1) is 0 Å². The van der Waals surface area contributed by atoms with Crippen LogP contribution in [0.25, 0.3) is 0 Å². The molecule has 0 aliphatic heterocycles. The predicted molar refractivity (Wildman–Crippen MR) is 49.8 cm³/mol. The fourth-order valence-electron chi connectivity index (χ4n) is 1.08. The van der Waals surface area contributed by atoms with Gasteiger partial charge < -0.3 is 15.9 Å². The highest BCUT2D eigenvalue weighted by atomic mass is 16.3. The van der Waals surface area contributed by atoms with E-state index in [1.807, 2.05) is 0 Å². The van der Waals surface area contributed by atoms with Crippen LogP contribution in [0.2, 0.25) is 0 Å². The first-order chi connectivity index (χ1) is 6.65. The van der Waals surface area contributed by atoms with Crippen LogP contribution in [0.4, 0.5) is 5.82 Å². The Morgan fingerprint density at radius 3 is 2.86 bits per heavy atom. The Hall–Kier alpha value is -1.64. The molecule has 2 atom stereocenters. The SMILES string of the molecule is N#CCC(O)C(O)c1ccnc(N)c1. The molecule has 0 aliphatic carbocycles. The van der Waals surface area contributed by atoms with Crippen LogP contribution in [-0.4, -0.2) is 21.3 Å². The second kappa shape index (κ2) is 4.56. The minimum atomic E-state index is -1.10. The lowest BCUT2D eigenvalue weighted by Crippen LogP contribution is -2.17. The Bertz CT molecular complexity index is 348. The molecule has 1 aromatic rings. The van der Waals surface area contributed by atoms with Crippen molar-refractivity contribution >= 4 is 5.82 Å². The molecule has 0 bridgehead atoms. The third-order valence-electron chi connectivity index (χ3n) is 1.81. The number of aliphatic hydroxyl groups excluding tert-OH is 2. The normalized spacial score (nSPS) is 14.4. The summed E-state index contributed by atoms with van der Waals surface area (Å²) in [4.78, 5) is 3.75. The van der Waals surface area contributed by atoms with Crippen molar-refractivity contribution in [2.45, 2.75) is 18.6 Å². The largest absolute Gasteiger partial charge is 0.389 e. The third kappa shape index (κ3) is 2.42. The Morgan fingerprint density at radius 1 is 1.57 bits per heavy atom. The van der Waals surface area contributed by atoms with Crippen molar-refractivity contribution in [3.05, 3.63) is 23.9 Å². The van der Waals surface area contributed by atoms with E-state index in [9.17, 15) is 10.2 Å². The monoisotopic (exact) mass is 193 g/mol. The van der Waals surface area contributed by atoms with Gasteiger partial charge in [-0.25, -0.2) is 4.98 Å². The van der Waals surface area contributed by atoms with Gasteiger partial charge in [-0.3, -0.25) is 0 Å². The van der Waals surface area contributed by atoms with Crippen molar-refractivity contribution < 1.29 is 10.2 Å². The highest BCUT2D eigenvalue weighted by Crippen LogP contribution is 2.19. The number of nitrogen functional groups attached to an aromatic ring is 1. The fourth-order valence-corrected chi connectivity index (χ4v) is 1.08. The molecule has 5 nitrogen and oxygen atoms in total. The van der Waals surface area contributed by atoms with E-state index in [4.69, 9.17) is 11.0 Å². The maximum absolute atomic E-state index is 9.56.